The number of nitrogens with zero attached hydrogens (tertiary/aromatic N) is 1. The lowest BCUT2D eigenvalue weighted by atomic mass is 10.3. The molecule has 1 atom stereocenters. The van der Waals surface area contributed by atoms with Gasteiger partial charge in [-0.1, -0.05) is 15.9 Å². The highest BCUT2D eigenvalue weighted by Crippen LogP contribution is 2.07. The van der Waals surface area contributed by atoms with Crippen molar-refractivity contribution in [2.45, 2.75) is 31.6 Å². The lowest BCUT2D eigenvalue weighted by Crippen LogP contribution is -2.43. The monoisotopic (exact) mass is 265 g/mol. The van der Waals surface area contributed by atoms with Crippen molar-refractivity contribution in [2.24, 2.45) is 0 Å². The maximum atomic E-state index is 11.6. The number of hydrogen-bond donors (Lipinski definition) is 0. The van der Waals surface area contributed by atoms with Crippen molar-refractivity contribution in [1.82, 2.24) is 4.90 Å². The van der Waals surface area contributed by atoms with E-state index < -0.39 is 5.97 Å². The van der Waals surface area contributed by atoms with E-state index in [1.165, 1.54) is 12.0 Å². The Kier molecular flexibility index (Phi) is 5.76. The molecule has 14 heavy (non-hydrogen) atoms. The number of alkyl halides is 1. The molecule has 0 aromatic rings. The molecule has 0 bridgehead atoms. The molecule has 0 aliphatic carbocycles. The Morgan fingerprint density at radius 2 is 1.86 bits per heavy atom. The molecule has 0 aromatic heterocycles. The maximum Gasteiger partial charge on any atom is 0.325 e. The summed E-state index contributed by atoms with van der Waals surface area (Å²) in [6.07, 6.45) is 0. The van der Waals surface area contributed by atoms with Gasteiger partial charge in [-0.2, -0.15) is 0 Å². The second kappa shape index (κ2) is 6.01. The summed E-state index contributed by atoms with van der Waals surface area (Å²) >= 11 is 3.18. The predicted octanol–water partition coefficient (Wildman–Crippen LogP) is 1.18. The smallest absolute Gasteiger partial charge is 0.325 e. The minimum Gasteiger partial charge on any atom is -0.468 e. The highest BCUT2D eigenvalue weighted by atomic mass is 79.9. The number of esters is 1. The molecule has 0 heterocycles. The van der Waals surface area contributed by atoms with Crippen LogP contribution in [0.15, 0.2) is 0 Å². The van der Waals surface area contributed by atoms with Crippen molar-refractivity contribution >= 4 is 27.8 Å². The number of carbonyl (C=O) groups is 2. The highest BCUT2D eigenvalue weighted by molar-refractivity contribution is 9.10. The molecule has 0 radical (unpaired) electrons. The summed E-state index contributed by atoms with van der Waals surface area (Å²) in [5.74, 6) is -0.509. The Hall–Kier alpha value is -0.580. The minimum absolute atomic E-state index is 0.00292. The van der Waals surface area contributed by atoms with E-state index in [1.54, 1.807) is 6.92 Å². The largest absolute Gasteiger partial charge is 0.468 e. The zero-order valence-electron chi connectivity index (χ0n) is 8.91. The summed E-state index contributed by atoms with van der Waals surface area (Å²) in [6, 6.07) is -0.0124. The first-order valence-corrected chi connectivity index (χ1v) is 5.33. The first-order valence-electron chi connectivity index (χ1n) is 4.41. The van der Waals surface area contributed by atoms with Gasteiger partial charge in [-0.25, -0.2) is 0 Å². The van der Waals surface area contributed by atoms with Crippen LogP contribution in [-0.4, -0.2) is 41.3 Å². The van der Waals surface area contributed by atoms with Gasteiger partial charge in [-0.15, -0.1) is 0 Å². The quantitative estimate of drug-likeness (QED) is 0.567. The zero-order valence-corrected chi connectivity index (χ0v) is 10.5. The van der Waals surface area contributed by atoms with Crippen LogP contribution in [-0.2, 0) is 14.3 Å². The van der Waals surface area contributed by atoms with Crippen LogP contribution in [0.25, 0.3) is 0 Å². The third kappa shape index (κ3) is 4.09. The van der Waals surface area contributed by atoms with Crippen LogP contribution in [0.1, 0.15) is 20.8 Å². The number of ether oxygens (including phenoxy) is 1. The van der Waals surface area contributed by atoms with E-state index in [0.29, 0.717) is 0 Å². The summed E-state index contributed by atoms with van der Waals surface area (Å²) in [5, 5.41) is 0. The standard InChI is InChI=1S/C9H16BrNO3/c1-6(2)11(5-8(12)14-4)9(13)7(3)10/h6-7H,5H2,1-4H3. The summed E-state index contributed by atoms with van der Waals surface area (Å²) in [6.45, 7) is 5.45. The Morgan fingerprint density at radius 3 is 2.14 bits per heavy atom. The molecule has 0 aliphatic rings. The van der Waals surface area contributed by atoms with E-state index in [0.717, 1.165) is 0 Å². The molecule has 1 unspecified atom stereocenters. The van der Waals surface area contributed by atoms with Crippen LogP contribution >= 0.6 is 15.9 Å². The van der Waals surface area contributed by atoms with Gasteiger partial charge in [0.15, 0.2) is 0 Å². The normalized spacial score (nSPS) is 12.4. The highest BCUT2D eigenvalue weighted by Gasteiger charge is 2.23. The Morgan fingerprint density at radius 1 is 1.36 bits per heavy atom. The Labute approximate surface area is 92.7 Å². The van der Waals surface area contributed by atoms with Crippen molar-refractivity contribution in [2.75, 3.05) is 13.7 Å². The third-order valence-electron chi connectivity index (χ3n) is 1.77. The molecular weight excluding hydrogens is 250 g/mol. The number of rotatable bonds is 4. The van der Waals surface area contributed by atoms with E-state index in [-0.39, 0.29) is 23.3 Å². The van der Waals surface area contributed by atoms with Crippen LogP contribution in [0.4, 0.5) is 0 Å². The minimum atomic E-state index is -0.403. The van der Waals surface area contributed by atoms with Gasteiger partial charge < -0.3 is 9.64 Å². The van der Waals surface area contributed by atoms with Gasteiger partial charge in [0.1, 0.15) is 6.54 Å². The van der Waals surface area contributed by atoms with E-state index in [4.69, 9.17) is 0 Å². The van der Waals surface area contributed by atoms with Crippen LogP contribution < -0.4 is 0 Å². The molecule has 1 amide bonds. The van der Waals surface area contributed by atoms with Crippen molar-refractivity contribution in [3.8, 4) is 0 Å². The van der Waals surface area contributed by atoms with Gasteiger partial charge in [0, 0.05) is 6.04 Å². The molecule has 0 N–H and O–H groups in total. The Balaban J connectivity index is 4.45. The topological polar surface area (TPSA) is 46.6 Å². The molecular formula is C9H16BrNO3. The van der Waals surface area contributed by atoms with Crippen molar-refractivity contribution in [3.63, 3.8) is 0 Å². The van der Waals surface area contributed by atoms with Crippen LogP contribution in [0.2, 0.25) is 0 Å². The molecule has 0 aliphatic heterocycles. The van der Waals surface area contributed by atoms with Crippen LogP contribution in [0, 0.1) is 0 Å². The molecule has 0 rings (SSSR count). The average molecular weight is 266 g/mol. The maximum absolute atomic E-state index is 11.6. The van der Waals surface area contributed by atoms with Gasteiger partial charge in [0.05, 0.1) is 11.9 Å². The van der Waals surface area contributed by atoms with Crippen molar-refractivity contribution < 1.29 is 14.3 Å². The number of hydrogen-bond acceptors (Lipinski definition) is 3. The van der Waals surface area contributed by atoms with Crippen molar-refractivity contribution in [3.05, 3.63) is 0 Å². The molecule has 4 nitrogen and oxygen atoms in total. The molecule has 5 heteroatoms. The second-order valence-corrected chi connectivity index (χ2v) is 4.63. The van der Waals surface area contributed by atoms with E-state index in [1.807, 2.05) is 13.8 Å². The molecule has 0 saturated carbocycles. The predicted molar refractivity (Wildman–Crippen MR) is 57.3 cm³/mol. The van der Waals surface area contributed by atoms with Gasteiger partial charge in [0.2, 0.25) is 5.91 Å². The Bertz CT molecular complexity index is 216. The molecule has 0 fully saturated rings. The molecule has 0 spiro atoms. The summed E-state index contributed by atoms with van der Waals surface area (Å²) in [7, 11) is 1.31. The first-order chi connectivity index (χ1) is 6.40. The fourth-order valence-electron chi connectivity index (χ4n) is 0.947. The average Bonchev–Trinajstić information content (AvgIpc) is 2.11. The van der Waals surface area contributed by atoms with E-state index in [9.17, 15) is 9.59 Å². The van der Waals surface area contributed by atoms with E-state index >= 15 is 0 Å². The van der Waals surface area contributed by atoms with Gasteiger partial charge in [-0.3, -0.25) is 9.59 Å². The fraction of sp³-hybridized carbons (Fsp3) is 0.778. The van der Waals surface area contributed by atoms with Gasteiger partial charge >= 0.3 is 5.97 Å². The second-order valence-electron chi connectivity index (χ2n) is 3.25. The van der Waals surface area contributed by atoms with Crippen LogP contribution in [0.5, 0.6) is 0 Å². The molecule has 82 valence electrons. The van der Waals surface area contributed by atoms with Gasteiger partial charge in [0.25, 0.3) is 0 Å². The molecule has 0 aromatic carbocycles. The number of halogens is 1. The number of carbonyl (C=O) groups excluding carboxylic acids is 2. The zero-order chi connectivity index (χ0) is 11.3. The lowest BCUT2D eigenvalue weighted by Gasteiger charge is -2.26. The number of methoxy groups -OCH3 is 1. The summed E-state index contributed by atoms with van der Waals surface area (Å²) in [5.41, 5.74) is 0. The third-order valence-corrected chi connectivity index (χ3v) is 2.17. The lowest BCUT2D eigenvalue weighted by molar-refractivity contribution is -0.147. The van der Waals surface area contributed by atoms with Gasteiger partial charge in [-0.05, 0) is 20.8 Å². The fourth-order valence-corrected chi connectivity index (χ4v) is 1.21. The number of amides is 1. The first kappa shape index (κ1) is 13.4. The summed E-state index contributed by atoms with van der Waals surface area (Å²) < 4.78 is 4.51. The molecule has 0 saturated heterocycles. The van der Waals surface area contributed by atoms with Crippen LogP contribution in [0.3, 0.4) is 0 Å². The van der Waals surface area contributed by atoms with Crippen molar-refractivity contribution in [1.29, 1.82) is 0 Å². The van der Waals surface area contributed by atoms with E-state index in [2.05, 4.69) is 20.7 Å². The SMILES string of the molecule is COC(=O)CN(C(=O)C(C)Br)C(C)C. The summed E-state index contributed by atoms with van der Waals surface area (Å²) in [4.78, 5) is 23.8.